The summed E-state index contributed by atoms with van der Waals surface area (Å²) in [5.74, 6) is -0.330. The van der Waals surface area contributed by atoms with Crippen LogP contribution in [0.2, 0.25) is 0 Å². The summed E-state index contributed by atoms with van der Waals surface area (Å²) in [7, 11) is 0. The van der Waals surface area contributed by atoms with Crippen LogP contribution >= 0.6 is 11.3 Å². The fourth-order valence-electron chi connectivity index (χ4n) is 2.12. The standard InChI is InChI=1S/C16H21NO4S/c1-10-7-13(22-9-10)11-5-6-17(15(19)20)8-12(11)21-14(18)16(2,3)4/h5,7,9,12H,6,8H2,1-4H3,(H,19,20)/t12-/m0/s1. The first-order valence-corrected chi connectivity index (χ1v) is 8.01. The van der Waals surface area contributed by atoms with Crippen LogP contribution in [0.25, 0.3) is 5.57 Å². The number of nitrogens with zero attached hydrogens (tertiary/aromatic N) is 1. The summed E-state index contributed by atoms with van der Waals surface area (Å²) in [6, 6.07) is 2.03. The lowest BCUT2D eigenvalue weighted by Crippen LogP contribution is -2.43. The summed E-state index contributed by atoms with van der Waals surface area (Å²) in [5, 5.41) is 11.2. The first-order chi connectivity index (χ1) is 10.2. The molecule has 2 heterocycles. The Morgan fingerprint density at radius 1 is 1.41 bits per heavy atom. The smallest absolute Gasteiger partial charge is 0.407 e. The van der Waals surface area contributed by atoms with Gasteiger partial charge in [-0.2, -0.15) is 0 Å². The Labute approximate surface area is 134 Å². The third-order valence-corrected chi connectivity index (χ3v) is 4.51. The number of ether oxygens (including phenoxy) is 1. The maximum Gasteiger partial charge on any atom is 0.407 e. The molecule has 2 rings (SSSR count). The van der Waals surface area contributed by atoms with Gasteiger partial charge < -0.3 is 14.7 Å². The molecule has 0 saturated carbocycles. The predicted molar refractivity (Wildman–Crippen MR) is 86.0 cm³/mol. The lowest BCUT2D eigenvalue weighted by molar-refractivity contribution is -0.156. The normalized spacial score (nSPS) is 18.8. The summed E-state index contributed by atoms with van der Waals surface area (Å²) >= 11 is 1.58. The van der Waals surface area contributed by atoms with E-state index in [0.717, 1.165) is 16.0 Å². The first-order valence-electron chi connectivity index (χ1n) is 7.13. The zero-order valence-corrected chi connectivity index (χ0v) is 14.1. The topological polar surface area (TPSA) is 66.8 Å². The second kappa shape index (κ2) is 6.12. The van der Waals surface area contributed by atoms with E-state index in [1.807, 2.05) is 24.4 Å². The van der Waals surface area contributed by atoms with Gasteiger partial charge in [0.05, 0.1) is 12.0 Å². The molecular weight excluding hydrogens is 302 g/mol. The van der Waals surface area contributed by atoms with Gasteiger partial charge in [0.1, 0.15) is 6.10 Å². The maximum atomic E-state index is 12.2. The van der Waals surface area contributed by atoms with Crippen LogP contribution in [0.15, 0.2) is 17.5 Å². The van der Waals surface area contributed by atoms with E-state index in [9.17, 15) is 9.59 Å². The van der Waals surface area contributed by atoms with Crippen molar-refractivity contribution in [2.24, 2.45) is 5.41 Å². The van der Waals surface area contributed by atoms with E-state index in [1.165, 1.54) is 4.90 Å². The molecule has 0 fully saturated rings. The van der Waals surface area contributed by atoms with Crippen LogP contribution in [0.1, 0.15) is 31.2 Å². The molecule has 120 valence electrons. The molecule has 5 nitrogen and oxygen atoms in total. The van der Waals surface area contributed by atoms with Gasteiger partial charge in [-0.05, 0) is 44.7 Å². The van der Waals surface area contributed by atoms with E-state index in [4.69, 9.17) is 9.84 Å². The van der Waals surface area contributed by atoms with Crippen molar-refractivity contribution in [2.75, 3.05) is 13.1 Å². The van der Waals surface area contributed by atoms with Crippen molar-refractivity contribution in [3.8, 4) is 0 Å². The zero-order valence-electron chi connectivity index (χ0n) is 13.3. The second-order valence-electron chi connectivity index (χ2n) is 6.48. The molecule has 0 unspecified atom stereocenters. The van der Waals surface area contributed by atoms with Gasteiger partial charge in [0, 0.05) is 17.0 Å². The molecule has 6 heteroatoms. The average molecular weight is 323 g/mol. The largest absolute Gasteiger partial charge is 0.465 e. The Morgan fingerprint density at radius 2 is 2.09 bits per heavy atom. The molecule has 0 aliphatic carbocycles. The van der Waals surface area contributed by atoms with Gasteiger partial charge in [-0.3, -0.25) is 4.79 Å². The minimum absolute atomic E-state index is 0.167. The third kappa shape index (κ3) is 3.68. The number of thiophene rings is 1. The second-order valence-corrected chi connectivity index (χ2v) is 7.39. The number of aryl methyl sites for hydroxylation is 1. The minimum Gasteiger partial charge on any atom is -0.465 e. The minimum atomic E-state index is -1.01. The molecule has 1 aromatic heterocycles. The molecule has 1 atom stereocenters. The molecule has 1 aliphatic heterocycles. The molecule has 0 spiro atoms. The highest BCUT2D eigenvalue weighted by molar-refractivity contribution is 7.11. The molecule has 1 aliphatic rings. The molecule has 1 aromatic rings. The molecular formula is C16H21NO4S. The highest BCUT2D eigenvalue weighted by atomic mass is 32.1. The Morgan fingerprint density at radius 3 is 2.59 bits per heavy atom. The number of carbonyl (C=O) groups excluding carboxylic acids is 1. The SMILES string of the molecule is Cc1csc(C2=CCN(C(=O)O)C[C@@H]2OC(=O)C(C)(C)C)c1. The van der Waals surface area contributed by atoms with Crippen molar-refractivity contribution >= 4 is 29.0 Å². The van der Waals surface area contributed by atoms with Crippen molar-refractivity contribution in [3.05, 3.63) is 28.0 Å². The number of amides is 1. The van der Waals surface area contributed by atoms with Crippen LogP contribution in [0.3, 0.4) is 0 Å². The number of carbonyl (C=O) groups is 2. The fraction of sp³-hybridized carbons (Fsp3) is 0.500. The number of rotatable bonds is 2. The van der Waals surface area contributed by atoms with Crippen LogP contribution in [0, 0.1) is 12.3 Å². The number of carboxylic acid groups (broad SMARTS) is 1. The Bertz CT molecular complexity index is 612. The Kier molecular flexibility index (Phi) is 4.60. The molecule has 22 heavy (non-hydrogen) atoms. The highest BCUT2D eigenvalue weighted by Gasteiger charge is 2.33. The van der Waals surface area contributed by atoms with Gasteiger partial charge in [-0.15, -0.1) is 11.3 Å². The summed E-state index contributed by atoms with van der Waals surface area (Å²) in [6.45, 7) is 7.83. The molecule has 0 aromatic carbocycles. The van der Waals surface area contributed by atoms with Gasteiger partial charge >= 0.3 is 12.1 Å². The number of esters is 1. The zero-order chi connectivity index (χ0) is 16.5. The predicted octanol–water partition coefficient (Wildman–Crippen LogP) is 3.39. The Hall–Kier alpha value is -1.82. The van der Waals surface area contributed by atoms with Crippen LogP contribution < -0.4 is 0 Å². The summed E-state index contributed by atoms with van der Waals surface area (Å²) in [5.41, 5.74) is 1.41. The van der Waals surface area contributed by atoms with E-state index in [0.29, 0.717) is 6.54 Å². The molecule has 0 saturated heterocycles. The van der Waals surface area contributed by atoms with Crippen molar-refractivity contribution in [3.63, 3.8) is 0 Å². The van der Waals surface area contributed by atoms with Crippen LogP contribution in [-0.2, 0) is 9.53 Å². The van der Waals surface area contributed by atoms with Crippen LogP contribution in [0.5, 0.6) is 0 Å². The molecule has 0 bridgehead atoms. The molecule has 1 amide bonds. The molecule has 1 N–H and O–H groups in total. The van der Waals surface area contributed by atoms with Crippen molar-refractivity contribution in [1.29, 1.82) is 0 Å². The average Bonchev–Trinajstić information content (AvgIpc) is 2.84. The quantitative estimate of drug-likeness (QED) is 0.847. The Balaban J connectivity index is 2.28. The van der Waals surface area contributed by atoms with Crippen LogP contribution in [0.4, 0.5) is 4.79 Å². The summed E-state index contributed by atoms with van der Waals surface area (Å²) < 4.78 is 5.61. The maximum absolute atomic E-state index is 12.2. The van der Waals surface area contributed by atoms with Gasteiger partial charge in [0.15, 0.2) is 0 Å². The van der Waals surface area contributed by atoms with Gasteiger partial charge in [-0.1, -0.05) is 6.08 Å². The van der Waals surface area contributed by atoms with Crippen LogP contribution in [-0.4, -0.2) is 41.3 Å². The van der Waals surface area contributed by atoms with Gasteiger partial charge in [0.25, 0.3) is 0 Å². The van der Waals surface area contributed by atoms with E-state index < -0.39 is 17.6 Å². The number of hydrogen-bond acceptors (Lipinski definition) is 4. The lowest BCUT2D eigenvalue weighted by Gasteiger charge is -2.32. The van der Waals surface area contributed by atoms with Crippen molar-refractivity contribution < 1.29 is 19.4 Å². The highest BCUT2D eigenvalue weighted by Crippen LogP contribution is 2.31. The summed E-state index contributed by atoms with van der Waals surface area (Å²) in [4.78, 5) is 25.6. The monoisotopic (exact) mass is 323 g/mol. The number of hydrogen-bond donors (Lipinski definition) is 1. The van der Waals surface area contributed by atoms with E-state index in [2.05, 4.69) is 0 Å². The van der Waals surface area contributed by atoms with E-state index >= 15 is 0 Å². The molecule has 0 radical (unpaired) electrons. The van der Waals surface area contributed by atoms with Crippen molar-refractivity contribution in [2.45, 2.75) is 33.8 Å². The fourth-order valence-corrected chi connectivity index (χ4v) is 3.10. The lowest BCUT2D eigenvalue weighted by atomic mass is 9.96. The third-order valence-electron chi connectivity index (χ3n) is 3.41. The van der Waals surface area contributed by atoms with E-state index in [1.54, 1.807) is 32.1 Å². The van der Waals surface area contributed by atoms with Gasteiger partial charge in [-0.25, -0.2) is 4.79 Å². The van der Waals surface area contributed by atoms with Gasteiger partial charge in [0.2, 0.25) is 0 Å². The first kappa shape index (κ1) is 16.5. The van der Waals surface area contributed by atoms with Crippen molar-refractivity contribution in [1.82, 2.24) is 4.90 Å². The summed E-state index contributed by atoms with van der Waals surface area (Å²) in [6.07, 6.45) is 0.271. The van der Waals surface area contributed by atoms with E-state index in [-0.39, 0.29) is 12.5 Å².